The van der Waals surface area contributed by atoms with E-state index in [4.69, 9.17) is 8.83 Å². The largest absolute Gasteiger partial charge is 0.456 e. The van der Waals surface area contributed by atoms with Crippen molar-refractivity contribution in [2.24, 2.45) is 0 Å². The van der Waals surface area contributed by atoms with Gasteiger partial charge in [0, 0.05) is 37.8 Å². The lowest BCUT2D eigenvalue weighted by Gasteiger charge is -2.34. The third-order valence-corrected chi connectivity index (χ3v) is 24.7. The predicted octanol–water partition coefficient (Wildman–Crippen LogP) is 29.1. The van der Waals surface area contributed by atoms with Crippen LogP contribution in [0.2, 0.25) is 0 Å². The van der Waals surface area contributed by atoms with Crippen LogP contribution in [-0.4, -0.2) is 0 Å². The van der Waals surface area contributed by atoms with E-state index in [2.05, 4.69) is 284 Å². The maximum absolute atomic E-state index is 6.57. The van der Waals surface area contributed by atoms with Gasteiger partial charge in [-0.05, 0) is 240 Å². The van der Waals surface area contributed by atoms with E-state index in [-0.39, 0.29) is 16.2 Å². The number of hydrogen-bond donors (Lipinski definition) is 0. The second-order valence-corrected chi connectivity index (χ2v) is 31.1. The molecule has 0 amide bonds. The number of hydrogen-bond acceptors (Lipinski definition) is 2. The van der Waals surface area contributed by atoms with Crippen LogP contribution in [0.25, 0.3) is 165 Å². The van der Waals surface area contributed by atoms with Crippen molar-refractivity contribution in [2.75, 3.05) is 0 Å². The van der Waals surface area contributed by atoms with Gasteiger partial charge in [-0.2, -0.15) is 0 Å². The molecule has 0 radical (unpaired) electrons. The fourth-order valence-corrected chi connectivity index (χ4v) is 19.3. The SMILES string of the molecule is CCCCCCCCC1(CCCCCCCC)c2cc3c(cc2-c2cc4c(cc21)-c1c(cc(-c2ccc(-c5ccc6c(c5)oc5ccc7ccccc7c56)cc2)c2ccccc12)C4(C)C)C(C)(C)c1cc(-c2ccc(-c4ccc5c(c4)oc4ccc6ccccc6c45)cc2)c2ccccc2c1-3. The molecule has 3 aliphatic carbocycles. The van der Waals surface area contributed by atoms with Crippen molar-refractivity contribution >= 4 is 87.0 Å². The van der Waals surface area contributed by atoms with Gasteiger partial charge in [0.05, 0.1) is 0 Å². The van der Waals surface area contributed by atoms with Gasteiger partial charge in [-0.1, -0.05) is 288 Å². The summed E-state index contributed by atoms with van der Waals surface area (Å²) >= 11 is 0. The van der Waals surface area contributed by atoms with E-state index in [1.54, 1.807) is 11.1 Å². The quantitative estimate of drug-likeness (QED) is 0.0801. The predicted molar refractivity (Wildman–Crippen MR) is 430 cm³/mol. The number of rotatable bonds is 18. The first-order chi connectivity index (χ1) is 49.5. The summed E-state index contributed by atoms with van der Waals surface area (Å²) in [4.78, 5) is 0. The highest BCUT2D eigenvalue weighted by Crippen LogP contribution is 2.64. The zero-order valence-corrected chi connectivity index (χ0v) is 59.3. The van der Waals surface area contributed by atoms with Crippen molar-refractivity contribution in [2.45, 2.75) is 148 Å². The first-order valence-electron chi connectivity index (χ1n) is 37.9. The van der Waals surface area contributed by atoms with E-state index >= 15 is 0 Å². The van der Waals surface area contributed by atoms with Crippen LogP contribution in [-0.2, 0) is 16.2 Å². The standard InChI is InChI=1S/C99H86O2/c1-7-9-11-13-15-25-51-99(52-26-16-14-12-10-8-2)85-59-81-83(97(3,4)87-55-77(71-31-21-23-33-73(71)93(81)87)65-39-35-61(36-40-65)67-43-47-75-91(53-67)100-89-49-45-63-27-17-19-29-69(63)95(75)89)57-79(85)80-58-84-82(60-86(80)99)94-74-34-24-22-32-72(74)78(56-88(94)98(84,5)6)66-41-37-62(38-42-66)68-44-48-76-92(54-68)101-90-50-46-64-28-18-20-30-70(64)96(76)90/h17-24,27-50,53-60H,7-16,25-26,51-52H2,1-6H3. The van der Waals surface area contributed by atoms with Gasteiger partial charge in [0.1, 0.15) is 22.3 Å². The highest BCUT2D eigenvalue weighted by atomic mass is 16.3. The van der Waals surface area contributed by atoms with Crippen molar-refractivity contribution in [1.82, 2.24) is 0 Å². The molecule has 2 nitrogen and oxygen atoms in total. The Morgan fingerprint density at radius 2 is 0.594 bits per heavy atom. The Hall–Kier alpha value is -10.3. The maximum atomic E-state index is 6.57. The van der Waals surface area contributed by atoms with Crippen molar-refractivity contribution < 1.29 is 8.83 Å². The number of furan rings is 2. The van der Waals surface area contributed by atoms with Gasteiger partial charge < -0.3 is 8.83 Å². The molecule has 0 saturated heterocycles. The van der Waals surface area contributed by atoms with Crippen molar-refractivity contribution in [1.29, 1.82) is 0 Å². The van der Waals surface area contributed by atoms with Crippen molar-refractivity contribution in [3.05, 3.63) is 276 Å². The summed E-state index contributed by atoms with van der Waals surface area (Å²) in [5, 5.41) is 14.9. The van der Waals surface area contributed by atoms with Crippen LogP contribution < -0.4 is 0 Å². The maximum Gasteiger partial charge on any atom is 0.136 e. The number of benzene rings is 14. The van der Waals surface area contributed by atoms with Crippen molar-refractivity contribution in [3.63, 3.8) is 0 Å². The van der Waals surface area contributed by atoms with E-state index in [9.17, 15) is 0 Å². The molecule has 19 rings (SSSR count). The zero-order valence-electron chi connectivity index (χ0n) is 59.3. The second kappa shape index (κ2) is 23.9. The lowest BCUT2D eigenvalue weighted by atomic mass is 9.69. The molecule has 494 valence electrons. The first kappa shape index (κ1) is 61.8. The Balaban J connectivity index is 0.717. The van der Waals surface area contributed by atoms with Crippen LogP contribution in [0, 0.1) is 0 Å². The molecular formula is C99H86O2. The Labute approximate surface area is 593 Å². The summed E-state index contributed by atoms with van der Waals surface area (Å²) in [6.45, 7) is 14.7. The van der Waals surface area contributed by atoms with Gasteiger partial charge in [0.15, 0.2) is 0 Å². The summed E-state index contributed by atoms with van der Waals surface area (Å²) in [5.41, 5.74) is 30.4. The third kappa shape index (κ3) is 9.63. The van der Waals surface area contributed by atoms with Gasteiger partial charge in [-0.15, -0.1) is 0 Å². The first-order valence-corrected chi connectivity index (χ1v) is 37.9. The van der Waals surface area contributed by atoms with E-state index in [1.807, 2.05) is 0 Å². The summed E-state index contributed by atoms with van der Waals surface area (Å²) in [5.74, 6) is 0. The molecule has 101 heavy (non-hydrogen) atoms. The van der Waals surface area contributed by atoms with Gasteiger partial charge in [0.2, 0.25) is 0 Å². The molecule has 0 aliphatic heterocycles. The van der Waals surface area contributed by atoms with E-state index < -0.39 is 0 Å². The second-order valence-electron chi connectivity index (χ2n) is 31.1. The molecule has 0 saturated carbocycles. The Kier molecular flexibility index (Phi) is 14.6. The summed E-state index contributed by atoms with van der Waals surface area (Å²) < 4.78 is 13.1. The topological polar surface area (TPSA) is 26.3 Å². The molecule has 0 spiro atoms. The molecular weight excluding hydrogens is 1220 g/mol. The molecule has 2 heterocycles. The zero-order chi connectivity index (χ0) is 67.9. The van der Waals surface area contributed by atoms with Gasteiger partial charge in [0.25, 0.3) is 0 Å². The lowest BCUT2D eigenvalue weighted by Crippen LogP contribution is -2.26. The molecule has 0 bridgehead atoms. The molecule has 2 heteroatoms. The van der Waals surface area contributed by atoms with Crippen LogP contribution >= 0.6 is 0 Å². The smallest absolute Gasteiger partial charge is 0.136 e. The fraction of sp³-hybridized carbons (Fsp3) is 0.232. The molecule has 0 unspecified atom stereocenters. The highest BCUT2D eigenvalue weighted by Gasteiger charge is 2.49. The molecule has 0 atom stereocenters. The molecule has 3 aliphatic rings. The summed E-state index contributed by atoms with van der Waals surface area (Å²) in [7, 11) is 0. The Morgan fingerprint density at radius 1 is 0.248 bits per heavy atom. The monoisotopic (exact) mass is 1310 g/mol. The molecule has 0 fully saturated rings. The van der Waals surface area contributed by atoms with Crippen LogP contribution in [0.3, 0.4) is 0 Å². The highest BCUT2D eigenvalue weighted by molar-refractivity contribution is 6.21. The molecule has 2 aromatic heterocycles. The van der Waals surface area contributed by atoms with E-state index in [1.165, 1.54) is 220 Å². The Morgan fingerprint density at radius 3 is 1.02 bits per heavy atom. The number of fused-ring (bicyclic) bond motifs is 23. The van der Waals surface area contributed by atoms with Gasteiger partial charge >= 0.3 is 0 Å². The van der Waals surface area contributed by atoms with Crippen LogP contribution in [0.15, 0.2) is 251 Å². The molecule has 0 N–H and O–H groups in total. The summed E-state index contributed by atoms with van der Waals surface area (Å²) in [6, 6.07) is 92.8. The average Bonchev–Trinajstić information content (AvgIpc) is 1.52. The average molecular weight is 1310 g/mol. The minimum absolute atomic E-state index is 0.133. The van der Waals surface area contributed by atoms with Gasteiger partial charge in [-0.25, -0.2) is 0 Å². The van der Waals surface area contributed by atoms with Crippen LogP contribution in [0.5, 0.6) is 0 Å². The minimum atomic E-state index is -0.257. The third-order valence-electron chi connectivity index (χ3n) is 24.7. The Bertz CT molecular complexity index is 5670. The summed E-state index contributed by atoms with van der Waals surface area (Å²) in [6.07, 6.45) is 17.7. The van der Waals surface area contributed by atoms with Crippen molar-refractivity contribution in [3.8, 4) is 77.9 Å². The molecule has 14 aromatic carbocycles. The van der Waals surface area contributed by atoms with E-state index in [0.717, 1.165) is 57.1 Å². The lowest BCUT2D eigenvalue weighted by molar-refractivity contribution is 0.398. The minimum Gasteiger partial charge on any atom is -0.456 e. The normalized spacial score (nSPS) is 14.4. The fourth-order valence-electron chi connectivity index (χ4n) is 19.3. The van der Waals surface area contributed by atoms with E-state index in [0.29, 0.717) is 0 Å². The molecule has 16 aromatic rings. The van der Waals surface area contributed by atoms with Crippen LogP contribution in [0.4, 0.5) is 0 Å². The number of unbranched alkanes of at least 4 members (excludes halogenated alkanes) is 10. The van der Waals surface area contributed by atoms with Crippen LogP contribution in [0.1, 0.15) is 165 Å². The van der Waals surface area contributed by atoms with Gasteiger partial charge in [-0.3, -0.25) is 0 Å².